The van der Waals surface area contributed by atoms with Gasteiger partial charge in [0.25, 0.3) is 0 Å². The Balaban J connectivity index is 2.27. The standard InChI is InChI=1S/C12H16F2N2O/c13-10-4-9(15)5-11(14)12(10)16-3-1-2-8(6-16)7-17/h4-5,8,17H,1-3,6-7,15H2. The van der Waals surface area contributed by atoms with Crippen LogP contribution in [0, 0.1) is 17.6 Å². The van der Waals surface area contributed by atoms with Crippen molar-refractivity contribution in [2.75, 3.05) is 30.3 Å². The molecule has 5 heteroatoms. The lowest BCUT2D eigenvalue weighted by Gasteiger charge is -2.34. The van der Waals surface area contributed by atoms with E-state index in [1.54, 1.807) is 4.90 Å². The molecular formula is C12H16F2N2O. The molecule has 0 amide bonds. The Bertz CT molecular complexity index is 388. The summed E-state index contributed by atoms with van der Waals surface area (Å²) in [5.74, 6) is -1.19. The number of nitrogens with zero attached hydrogens (tertiary/aromatic N) is 1. The van der Waals surface area contributed by atoms with E-state index in [9.17, 15) is 8.78 Å². The Labute approximate surface area is 98.8 Å². The van der Waals surface area contributed by atoms with Gasteiger partial charge in [-0.2, -0.15) is 0 Å². The minimum absolute atomic E-state index is 0.0302. The molecule has 2 rings (SSSR count). The first-order valence-corrected chi connectivity index (χ1v) is 5.72. The van der Waals surface area contributed by atoms with Crippen LogP contribution >= 0.6 is 0 Å². The molecule has 1 aliphatic rings. The molecule has 1 unspecified atom stereocenters. The lowest BCUT2D eigenvalue weighted by molar-refractivity contribution is 0.208. The van der Waals surface area contributed by atoms with Crippen LogP contribution < -0.4 is 10.6 Å². The van der Waals surface area contributed by atoms with E-state index in [0.717, 1.165) is 25.0 Å². The summed E-state index contributed by atoms with van der Waals surface area (Å²) in [6, 6.07) is 2.25. The molecule has 94 valence electrons. The van der Waals surface area contributed by atoms with Gasteiger partial charge in [0.15, 0.2) is 11.6 Å². The van der Waals surface area contributed by atoms with Gasteiger partial charge < -0.3 is 15.7 Å². The largest absolute Gasteiger partial charge is 0.399 e. The molecule has 0 saturated carbocycles. The zero-order valence-corrected chi connectivity index (χ0v) is 9.50. The molecule has 1 aromatic carbocycles. The van der Waals surface area contributed by atoms with Gasteiger partial charge in [0.1, 0.15) is 5.69 Å². The quantitative estimate of drug-likeness (QED) is 0.777. The summed E-state index contributed by atoms with van der Waals surface area (Å²) in [4.78, 5) is 1.65. The van der Waals surface area contributed by atoms with Crippen LogP contribution in [0.4, 0.5) is 20.2 Å². The van der Waals surface area contributed by atoms with Crippen molar-refractivity contribution in [3.63, 3.8) is 0 Å². The van der Waals surface area contributed by atoms with Crippen molar-refractivity contribution in [1.82, 2.24) is 0 Å². The molecule has 3 nitrogen and oxygen atoms in total. The molecule has 0 spiro atoms. The molecule has 1 heterocycles. The lowest BCUT2D eigenvalue weighted by atomic mass is 9.98. The van der Waals surface area contributed by atoms with Gasteiger partial charge in [-0.1, -0.05) is 0 Å². The van der Waals surface area contributed by atoms with Crippen molar-refractivity contribution in [1.29, 1.82) is 0 Å². The predicted molar refractivity (Wildman–Crippen MR) is 62.8 cm³/mol. The number of aliphatic hydroxyl groups is 1. The van der Waals surface area contributed by atoms with E-state index in [-0.39, 0.29) is 23.9 Å². The first kappa shape index (κ1) is 12.1. The van der Waals surface area contributed by atoms with Crippen molar-refractivity contribution < 1.29 is 13.9 Å². The number of anilines is 2. The van der Waals surface area contributed by atoms with Crippen LogP contribution in [0.5, 0.6) is 0 Å². The van der Waals surface area contributed by atoms with Crippen molar-refractivity contribution >= 4 is 11.4 Å². The number of nitrogen functional groups attached to an aromatic ring is 1. The molecular weight excluding hydrogens is 226 g/mol. The zero-order chi connectivity index (χ0) is 12.4. The Kier molecular flexibility index (Phi) is 3.47. The number of benzene rings is 1. The van der Waals surface area contributed by atoms with E-state index in [1.807, 2.05) is 0 Å². The summed E-state index contributed by atoms with van der Waals surface area (Å²) in [7, 11) is 0. The van der Waals surface area contributed by atoms with Crippen LogP contribution in [0.25, 0.3) is 0 Å². The van der Waals surface area contributed by atoms with Gasteiger partial charge in [-0.3, -0.25) is 0 Å². The minimum Gasteiger partial charge on any atom is -0.399 e. The van der Waals surface area contributed by atoms with Gasteiger partial charge >= 0.3 is 0 Å². The van der Waals surface area contributed by atoms with Crippen LogP contribution in [0.2, 0.25) is 0 Å². The molecule has 17 heavy (non-hydrogen) atoms. The molecule has 1 saturated heterocycles. The highest BCUT2D eigenvalue weighted by atomic mass is 19.1. The molecule has 0 aromatic heterocycles. The summed E-state index contributed by atoms with van der Waals surface area (Å²) in [6.07, 6.45) is 1.72. The van der Waals surface area contributed by atoms with Crippen LogP contribution in [0.15, 0.2) is 12.1 Å². The van der Waals surface area contributed by atoms with Gasteiger partial charge in [0.05, 0.1) is 0 Å². The number of piperidine rings is 1. The van der Waals surface area contributed by atoms with Gasteiger partial charge in [-0.25, -0.2) is 8.78 Å². The third-order valence-corrected chi connectivity index (χ3v) is 3.13. The Morgan fingerprint density at radius 2 is 2.00 bits per heavy atom. The van der Waals surface area contributed by atoms with Crippen molar-refractivity contribution in [3.05, 3.63) is 23.8 Å². The number of nitrogens with two attached hydrogens (primary N) is 1. The number of rotatable bonds is 2. The van der Waals surface area contributed by atoms with Gasteiger partial charge in [0, 0.05) is 25.4 Å². The molecule has 0 aliphatic carbocycles. The Hall–Kier alpha value is -1.36. The van der Waals surface area contributed by atoms with Gasteiger partial charge in [-0.15, -0.1) is 0 Å². The lowest BCUT2D eigenvalue weighted by Crippen LogP contribution is -2.37. The molecule has 1 aromatic rings. The second kappa shape index (κ2) is 4.87. The summed E-state index contributed by atoms with van der Waals surface area (Å²) in [6.45, 7) is 1.14. The highest BCUT2D eigenvalue weighted by Crippen LogP contribution is 2.29. The summed E-state index contributed by atoms with van der Waals surface area (Å²) >= 11 is 0. The highest BCUT2D eigenvalue weighted by molar-refractivity contribution is 5.56. The fraction of sp³-hybridized carbons (Fsp3) is 0.500. The van der Waals surface area contributed by atoms with E-state index in [1.165, 1.54) is 0 Å². The molecule has 1 aliphatic heterocycles. The zero-order valence-electron chi connectivity index (χ0n) is 9.50. The number of halogens is 2. The topological polar surface area (TPSA) is 49.5 Å². The van der Waals surface area contributed by atoms with Crippen LogP contribution in [0.1, 0.15) is 12.8 Å². The van der Waals surface area contributed by atoms with Crippen LogP contribution in [0.3, 0.4) is 0 Å². The van der Waals surface area contributed by atoms with Crippen molar-refractivity contribution in [2.45, 2.75) is 12.8 Å². The van der Waals surface area contributed by atoms with E-state index < -0.39 is 11.6 Å². The average molecular weight is 242 g/mol. The smallest absolute Gasteiger partial charge is 0.151 e. The first-order valence-electron chi connectivity index (χ1n) is 5.72. The first-order chi connectivity index (χ1) is 8.11. The van der Waals surface area contributed by atoms with Crippen LogP contribution in [-0.2, 0) is 0 Å². The fourth-order valence-electron chi connectivity index (χ4n) is 2.30. The van der Waals surface area contributed by atoms with Crippen LogP contribution in [-0.4, -0.2) is 24.8 Å². The summed E-state index contributed by atoms with van der Waals surface area (Å²) in [5.41, 5.74) is 5.43. The normalized spacial score (nSPS) is 20.6. The fourth-order valence-corrected chi connectivity index (χ4v) is 2.30. The molecule has 1 fully saturated rings. The average Bonchev–Trinajstić information content (AvgIpc) is 2.28. The van der Waals surface area contributed by atoms with Gasteiger partial charge in [-0.05, 0) is 30.9 Å². The van der Waals surface area contributed by atoms with Crippen molar-refractivity contribution in [2.24, 2.45) is 5.92 Å². The summed E-state index contributed by atoms with van der Waals surface area (Å²) in [5, 5.41) is 9.10. The maximum Gasteiger partial charge on any atom is 0.151 e. The minimum atomic E-state index is -0.638. The SMILES string of the molecule is Nc1cc(F)c(N2CCCC(CO)C2)c(F)c1. The Morgan fingerprint density at radius 1 is 1.35 bits per heavy atom. The van der Waals surface area contributed by atoms with E-state index in [4.69, 9.17) is 10.8 Å². The number of aliphatic hydroxyl groups excluding tert-OH is 1. The molecule has 0 radical (unpaired) electrons. The van der Waals surface area contributed by atoms with E-state index in [2.05, 4.69) is 0 Å². The van der Waals surface area contributed by atoms with E-state index in [0.29, 0.717) is 13.1 Å². The van der Waals surface area contributed by atoms with Crippen molar-refractivity contribution in [3.8, 4) is 0 Å². The maximum atomic E-state index is 13.7. The highest BCUT2D eigenvalue weighted by Gasteiger charge is 2.24. The monoisotopic (exact) mass is 242 g/mol. The van der Waals surface area contributed by atoms with E-state index >= 15 is 0 Å². The third kappa shape index (κ3) is 2.49. The predicted octanol–water partition coefficient (Wildman–Crippen LogP) is 1.76. The van der Waals surface area contributed by atoms with Gasteiger partial charge in [0.2, 0.25) is 0 Å². The third-order valence-electron chi connectivity index (χ3n) is 3.13. The summed E-state index contributed by atoms with van der Waals surface area (Å²) < 4.78 is 27.4. The Morgan fingerprint density at radius 3 is 2.59 bits per heavy atom. The number of hydrogen-bond acceptors (Lipinski definition) is 3. The second-order valence-corrected chi connectivity index (χ2v) is 4.47. The molecule has 1 atom stereocenters. The number of hydrogen-bond donors (Lipinski definition) is 2. The maximum absolute atomic E-state index is 13.7. The second-order valence-electron chi connectivity index (χ2n) is 4.47. The molecule has 3 N–H and O–H groups in total. The molecule has 0 bridgehead atoms.